The summed E-state index contributed by atoms with van der Waals surface area (Å²) in [6.07, 6.45) is 1.77. The summed E-state index contributed by atoms with van der Waals surface area (Å²) in [6, 6.07) is 6.24. The van der Waals surface area contributed by atoms with Crippen molar-refractivity contribution in [3.63, 3.8) is 0 Å². The summed E-state index contributed by atoms with van der Waals surface area (Å²) >= 11 is 6.54. The highest BCUT2D eigenvalue weighted by Crippen LogP contribution is 2.38. The highest BCUT2D eigenvalue weighted by atomic mass is 35.5. The van der Waals surface area contributed by atoms with Crippen LogP contribution in [0.1, 0.15) is 5.56 Å². The summed E-state index contributed by atoms with van der Waals surface area (Å²) in [5, 5.41) is 4.95. The van der Waals surface area contributed by atoms with Gasteiger partial charge in [0.1, 0.15) is 5.82 Å². The van der Waals surface area contributed by atoms with Crippen molar-refractivity contribution in [2.24, 2.45) is 10.7 Å². The fourth-order valence-electron chi connectivity index (χ4n) is 2.53. The van der Waals surface area contributed by atoms with Crippen LogP contribution >= 0.6 is 11.6 Å². The number of halogens is 2. The third kappa shape index (κ3) is 2.36. The van der Waals surface area contributed by atoms with Gasteiger partial charge in [-0.05, 0) is 12.1 Å². The van der Waals surface area contributed by atoms with E-state index in [2.05, 4.69) is 22.2 Å². The average molecular weight is 308 g/mol. The Balaban J connectivity index is 2.15. The maximum Gasteiger partial charge on any atom is 0.234 e. The standard InChI is InChI=1S/C14H15ClFN5/c1-2-6-21-8-18-14(15)12(21)11(19-13(17)20-14)9-4-3-5-10(16)7-9/h2-5,7,18H,1,6,8H2,(H3,17,19,20). The lowest BCUT2D eigenvalue weighted by Crippen LogP contribution is -2.45. The maximum atomic E-state index is 13.5. The zero-order valence-corrected chi connectivity index (χ0v) is 12.0. The Morgan fingerprint density at radius 2 is 2.38 bits per heavy atom. The quantitative estimate of drug-likeness (QED) is 0.448. The Labute approximate surface area is 127 Å². The molecule has 1 saturated heterocycles. The second-order valence-corrected chi connectivity index (χ2v) is 5.37. The lowest BCUT2D eigenvalue weighted by molar-refractivity contribution is 0.424. The van der Waals surface area contributed by atoms with Gasteiger partial charge in [0.15, 0.2) is 5.96 Å². The lowest BCUT2D eigenvalue weighted by atomic mass is 10.1. The molecule has 3 rings (SSSR count). The minimum absolute atomic E-state index is 0.181. The number of hydrogen-bond acceptors (Lipinski definition) is 5. The number of aliphatic imine (C=N–C) groups is 1. The van der Waals surface area contributed by atoms with Crippen LogP contribution in [0.2, 0.25) is 0 Å². The Morgan fingerprint density at radius 3 is 3.10 bits per heavy atom. The van der Waals surface area contributed by atoms with Gasteiger partial charge in [-0.25, -0.2) is 9.38 Å². The molecule has 1 atom stereocenters. The Bertz CT molecular complexity index is 657. The van der Waals surface area contributed by atoms with E-state index in [0.717, 1.165) is 0 Å². The maximum absolute atomic E-state index is 13.5. The Morgan fingerprint density at radius 1 is 1.57 bits per heavy atom. The van der Waals surface area contributed by atoms with Crippen molar-refractivity contribution in [3.05, 3.63) is 54.0 Å². The zero-order chi connectivity index (χ0) is 15.0. The van der Waals surface area contributed by atoms with Crippen LogP contribution in [0, 0.1) is 5.82 Å². The van der Waals surface area contributed by atoms with Crippen LogP contribution < -0.4 is 16.4 Å². The van der Waals surface area contributed by atoms with Gasteiger partial charge in [0.05, 0.1) is 18.1 Å². The summed E-state index contributed by atoms with van der Waals surface area (Å²) in [5.41, 5.74) is 7.82. The molecule has 2 aliphatic rings. The first kappa shape index (κ1) is 13.9. The largest absolute Gasteiger partial charge is 0.370 e. The van der Waals surface area contributed by atoms with Crippen molar-refractivity contribution in [2.75, 3.05) is 13.2 Å². The minimum Gasteiger partial charge on any atom is -0.370 e. The number of guanidine groups is 1. The summed E-state index contributed by atoms with van der Waals surface area (Å²) in [7, 11) is 0. The molecule has 1 aromatic carbocycles. The molecular weight excluding hydrogens is 293 g/mol. The molecule has 110 valence electrons. The van der Waals surface area contributed by atoms with Crippen molar-refractivity contribution in [1.82, 2.24) is 15.5 Å². The fraction of sp³-hybridized carbons (Fsp3) is 0.214. The number of alkyl halides is 1. The molecule has 2 heterocycles. The molecule has 0 aromatic heterocycles. The van der Waals surface area contributed by atoms with Crippen LogP contribution in [0.25, 0.3) is 5.70 Å². The van der Waals surface area contributed by atoms with Crippen molar-refractivity contribution < 1.29 is 4.39 Å². The number of nitrogens with one attached hydrogen (secondary N) is 2. The predicted molar refractivity (Wildman–Crippen MR) is 81.6 cm³/mol. The number of rotatable bonds is 3. The molecular formula is C14H15ClFN5. The number of benzene rings is 1. The first-order valence-corrected chi connectivity index (χ1v) is 6.84. The van der Waals surface area contributed by atoms with E-state index < -0.39 is 5.12 Å². The van der Waals surface area contributed by atoms with E-state index in [-0.39, 0.29) is 11.8 Å². The smallest absolute Gasteiger partial charge is 0.234 e. The predicted octanol–water partition coefficient (Wildman–Crippen LogP) is 1.35. The van der Waals surface area contributed by atoms with E-state index in [9.17, 15) is 4.39 Å². The van der Waals surface area contributed by atoms with Gasteiger partial charge in [0.2, 0.25) is 5.12 Å². The van der Waals surface area contributed by atoms with E-state index in [4.69, 9.17) is 17.3 Å². The molecule has 7 heteroatoms. The molecule has 0 radical (unpaired) electrons. The number of fused-ring (bicyclic) bond motifs is 1. The molecule has 1 aromatic rings. The van der Waals surface area contributed by atoms with Crippen LogP contribution in [-0.4, -0.2) is 29.2 Å². The van der Waals surface area contributed by atoms with Gasteiger partial charge in [0, 0.05) is 12.1 Å². The average Bonchev–Trinajstić information content (AvgIpc) is 2.75. The Hall–Kier alpha value is -2.05. The van der Waals surface area contributed by atoms with Crippen molar-refractivity contribution in [1.29, 1.82) is 0 Å². The van der Waals surface area contributed by atoms with Gasteiger partial charge in [-0.15, -0.1) is 6.58 Å². The molecule has 1 unspecified atom stereocenters. The van der Waals surface area contributed by atoms with Gasteiger partial charge in [-0.1, -0.05) is 29.8 Å². The molecule has 0 saturated carbocycles. The van der Waals surface area contributed by atoms with Gasteiger partial charge >= 0.3 is 0 Å². The molecule has 1 fully saturated rings. The van der Waals surface area contributed by atoms with Crippen LogP contribution in [-0.2, 0) is 0 Å². The molecule has 0 aliphatic carbocycles. The third-order valence-corrected chi connectivity index (χ3v) is 3.76. The van der Waals surface area contributed by atoms with Crippen molar-refractivity contribution in [3.8, 4) is 0 Å². The van der Waals surface area contributed by atoms with Crippen molar-refractivity contribution >= 4 is 23.3 Å². The Kier molecular flexibility index (Phi) is 3.35. The molecule has 21 heavy (non-hydrogen) atoms. The molecule has 5 nitrogen and oxygen atoms in total. The van der Waals surface area contributed by atoms with E-state index in [1.54, 1.807) is 18.2 Å². The summed E-state index contributed by atoms with van der Waals surface area (Å²) in [6.45, 7) is 4.83. The summed E-state index contributed by atoms with van der Waals surface area (Å²) < 4.78 is 13.5. The van der Waals surface area contributed by atoms with Crippen molar-refractivity contribution in [2.45, 2.75) is 5.12 Å². The van der Waals surface area contributed by atoms with Crippen LogP contribution in [0.3, 0.4) is 0 Å². The molecule has 2 aliphatic heterocycles. The zero-order valence-electron chi connectivity index (χ0n) is 11.2. The third-order valence-electron chi connectivity index (χ3n) is 3.36. The molecule has 4 N–H and O–H groups in total. The van der Waals surface area contributed by atoms with E-state index in [1.165, 1.54) is 12.1 Å². The van der Waals surface area contributed by atoms with Crippen LogP contribution in [0.4, 0.5) is 4.39 Å². The SMILES string of the molecule is C=CCN1CNC2(Cl)N=C(N)NC(c3cccc(F)c3)=C12. The topological polar surface area (TPSA) is 65.7 Å². The van der Waals surface area contributed by atoms with Crippen LogP contribution in [0.15, 0.2) is 47.6 Å². The first-order valence-electron chi connectivity index (χ1n) is 6.46. The van der Waals surface area contributed by atoms with E-state index in [0.29, 0.717) is 30.2 Å². The molecule has 0 amide bonds. The summed E-state index contributed by atoms with van der Waals surface area (Å²) in [5.74, 6) is -0.147. The number of nitrogens with two attached hydrogens (primary N) is 1. The summed E-state index contributed by atoms with van der Waals surface area (Å²) in [4.78, 5) is 6.19. The lowest BCUT2D eigenvalue weighted by Gasteiger charge is -2.30. The van der Waals surface area contributed by atoms with Gasteiger partial charge in [0.25, 0.3) is 0 Å². The first-order chi connectivity index (χ1) is 10.0. The number of hydrogen-bond donors (Lipinski definition) is 3. The monoisotopic (exact) mass is 307 g/mol. The van der Waals surface area contributed by atoms with Gasteiger partial charge in [-0.2, -0.15) is 0 Å². The van der Waals surface area contributed by atoms with E-state index in [1.807, 2.05) is 4.90 Å². The highest BCUT2D eigenvalue weighted by molar-refractivity contribution is 6.27. The van der Waals surface area contributed by atoms with Crippen LogP contribution in [0.5, 0.6) is 0 Å². The normalized spacial score (nSPS) is 24.5. The second kappa shape index (κ2) is 5.05. The molecule has 0 spiro atoms. The number of nitrogens with zero attached hydrogens (tertiary/aromatic N) is 2. The highest BCUT2D eigenvalue weighted by Gasteiger charge is 2.45. The fourth-order valence-corrected chi connectivity index (χ4v) is 2.90. The minimum atomic E-state index is -1.14. The molecule has 0 bridgehead atoms. The van der Waals surface area contributed by atoms with E-state index >= 15 is 0 Å². The second-order valence-electron chi connectivity index (χ2n) is 4.82. The van der Waals surface area contributed by atoms with Gasteiger partial charge < -0.3 is 16.0 Å². The van der Waals surface area contributed by atoms with Gasteiger partial charge in [-0.3, -0.25) is 5.32 Å².